The van der Waals surface area contributed by atoms with Crippen LogP contribution in [-0.2, 0) is 10.0 Å². The van der Waals surface area contributed by atoms with Crippen LogP contribution < -0.4 is 15.4 Å². The number of hydrogen-bond donors (Lipinski definition) is 3. The lowest BCUT2D eigenvalue weighted by Crippen LogP contribution is -2.38. The Kier molecular flexibility index (Phi) is 5.55. The van der Waals surface area contributed by atoms with Gasteiger partial charge in [-0.25, -0.2) is 13.1 Å². The van der Waals surface area contributed by atoms with E-state index in [1.807, 2.05) is 6.92 Å². The molecule has 1 aromatic carbocycles. The predicted octanol–water partition coefficient (Wildman–Crippen LogP) is 1.30. The summed E-state index contributed by atoms with van der Waals surface area (Å²) in [5.41, 5.74) is 0.0973. The van der Waals surface area contributed by atoms with Crippen LogP contribution in [0.3, 0.4) is 0 Å². The van der Waals surface area contributed by atoms with Gasteiger partial charge in [-0.05, 0) is 58.0 Å². The van der Waals surface area contributed by atoms with Crippen molar-refractivity contribution in [2.75, 3.05) is 25.5 Å². The van der Waals surface area contributed by atoms with Gasteiger partial charge >= 0.3 is 0 Å². The molecule has 8 nitrogen and oxygen atoms in total. The summed E-state index contributed by atoms with van der Waals surface area (Å²) in [6, 6.07) is 3.95. The maximum Gasteiger partial charge on any atom is 0.293 e. The fourth-order valence-electron chi connectivity index (χ4n) is 2.74. The maximum absolute atomic E-state index is 11.8. The molecule has 1 aliphatic heterocycles. The van der Waals surface area contributed by atoms with Gasteiger partial charge in [-0.2, -0.15) is 0 Å². The second kappa shape index (κ2) is 7.24. The Morgan fingerprint density at radius 1 is 1.43 bits per heavy atom. The zero-order chi connectivity index (χ0) is 17.0. The second-order valence-corrected chi connectivity index (χ2v) is 7.57. The number of sulfonamides is 1. The number of nitro groups is 1. The monoisotopic (exact) mass is 342 g/mol. The number of anilines is 1. The van der Waals surface area contributed by atoms with Crippen LogP contribution >= 0.6 is 0 Å². The van der Waals surface area contributed by atoms with Crippen molar-refractivity contribution >= 4 is 21.4 Å². The van der Waals surface area contributed by atoms with Gasteiger partial charge < -0.3 is 10.6 Å². The summed E-state index contributed by atoms with van der Waals surface area (Å²) in [5, 5.41) is 17.8. The van der Waals surface area contributed by atoms with Gasteiger partial charge in [-0.15, -0.1) is 0 Å². The third-order valence-electron chi connectivity index (χ3n) is 4.17. The Bertz CT molecular complexity index is 671. The van der Waals surface area contributed by atoms with Crippen molar-refractivity contribution in [3.05, 3.63) is 28.3 Å². The lowest BCUT2D eigenvalue weighted by molar-refractivity contribution is -0.384. The van der Waals surface area contributed by atoms with Crippen molar-refractivity contribution in [1.82, 2.24) is 10.0 Å². The molecule has 0 bridgehead atoms. The quantitative estimate of drug-likeness (QED) is 0.530. The molecule has 2 unspecified atom stereocenters. The molecule has 0 spiro atoms. The molecule has 23 heavy (non-hydrogen) atoms. The van der Waals surface area contributed by atoms with Gasteiger partial charge in [0, 0.05) is 12.1 Å². The molecule has 0 aliphatic carbocycles. The Balaban J connectivity index is 2.26. The number of benzene rings is 1. The molecule has 9 heteroatoms. The molecule has 128 valence electrons. The first-order valence-electron chi connectivity index (χ1n) is 7.54. The topological polar surface area (TPSA) is 113 Å². The van der Waals surface area contributed by atoms with Gasteiger partial charge in [0.25, 0.3) is 5.69 Å². The van der Waals surface area contributed by atoms with E-state index < -0.39 is 14.9 Å². The molecular formula is C14H22N4O4S. The van der Waals surface area contributed by atoms with E-state index in [9.17, 15) is 18.5 Å². The fraction of sp³-hybridized carbons (Fsp3) is 0.571. The number of nitro benzene ring substituents is 1. The lowest BCUT2D eigenvalue weighted by Gasteiger charge is -2.29. The standard InChI is InChI=1S/C14H22N4O4S/c1-10(11-4-3-7-16-9-11)17-13-6-5-12(23(21,22)15-2)8-14(13)18(19)20/h5-6,8,10-11,15-17H,3-4,7,9H2,1-2H3. The highest BCUT2D eigenvalue weighted by molar-refractivity contribution is 7.89. The number of rotatable bonds is 6. The molecular weight excluding hydrogens is 320 g/mol. The Morgan fingerprint density at radius 3 is 2.74 bits per heavy atom. The van der Waals surface area contributed by atoms with E-state index in [0.717, 1.165) is 32.0 Å². The van der Waals surface area contributed by atoms with E-state index in [0.29, 0.717) is 11.6 Å². The first kappa shape index (κ1) is 17.6. The minimum atomic E-state index is -3.71. The summed E-state index contributed by atoms with van der Waals surface area (Å²) in [6.45, 7) is 3.85. The molecule has 3 N–H and O–H groups in total. The van der Waals surface area contributed by atoms with Crippen molar-refractivity contribution in [3.8, 4) is 0 Å². The summed E-state index contributed by atoms with van der Waals surface area (Å²) in [4.78, 5) is 10.6. The Labute approximate surface area is 135 Å². The largest absolute Gasteiger partial charge is 0.377 e. The van der Waals surface area contributed by atoms with Crippen molar-refractivity contribution in [2.45, 2.75) is 30.7 Å². The average Bonchev–Trinajstić information content (AvgIpc) is 2.55. The van der Waals surface area contributed by atoms with Crippen LogP contribution in [0.4, 0.5) is 11.4 Å². The molecule has 1 aromatic rings. The molecule has 0 radical (unpaired) electrons. The highest BCUT2D eigenvalue weighted by atomic mass is 32.2. The zero-order valence-corrected chi connectivity index (χ0v) is 14.0. The zero-order valence-electron chi connectivity index (χ0n) is 13.2. The molecule has 1 fully saturated rings. The van der Waals surface area contributed by atoms with Crippen molar-refractivity contribution in [3.63, 3.8) is 0 Å². The molecule has 0 amide bonds. The lowest BCUT2D eigenvalue weighted by atomic mass is 9.92. The molecule has 1 aliphatic rings. The third-order valence-corrected chi connectivity index (χ3v) is 5.58. The molecule has 2 atom stereocenters. The molecule has 1 heterocycles. The fourth-order valence-corrected chi connectivity index (χ4v) is 3.49. The minimum absolute atomic E-state index is 0.0493. The van der Waals surface area contributed by atoms with Gasteiger partial charge in [-0.3, -0.25) is 10.1 Å². The predicted molar refractivity (Wildman–Crippen MR) is 88.0 cm³/mol. The summed E-state index contributed by atoms with van der Waals surface area (Å²) in [7, 11) is -2.44. The number of nitrogens with one attached hydrogen (secondary N) is 3. The minimum Gasteiger partial charge on any atom is -0.377 e. The molecule has 0 saturated carbocycles. The van der Waals surface area contributed by atoms with Crippen LogP contribution in [0.1, 0.15) is 19.8 Å². The van der Waals surface area contributed by atoms with Crippen LogP contribution in [0, 0.1) is 16.0 Å². The first-order chi connectivity index (χ1) is 10.8. The van der Waals surface area contributed by atoms with Gasteiger partial charge in [0.2, 0.25) is 10.0 Å². The van der Waals surface area contributed by atoms with E-state index in [1.54, 1.807) is 0 Å². The van der Waals surface area contributed by atoms with Crippen molar-refractivity contribution in [2.24, 2.45) is 5.92 Å². The summed E-state index contributed by atoms with van der Waals surface area (Å²) in [6.07, 6.45) is 2.14. The van der Waals surface area contributed by atoms with Crippen molar-refractivity contribution < 1.29 is 13.3 Å². The number of piperidine rings is 1. The molecule has 2 rings (SSSR count). The van der Waals surface area contributed by atoms with Crippen LogP contribution in [-0.4, -0.2) is 39.5 Å². The van der Waals surface area contributed by atoms with E-state index in [-0.39, 0.29) is 16.6 Å². The third kappa shape index (κ3) is 4.18. The first-order valence-corrected chi connectivity index (χ1v) is 9.02. The van der Waals surface area contributed by atoms with Crippen LogP contribution in [0.15, 0.2) is 23.1 Å². The SMILES string of the molecule is CNS(=O)(=O)c1ccc(NC(C)C2CCCNC2)c([N+](=O)[O-])c1. The summed E-state index contributed by atoms with van der Waals surface area (Å²) >= 11 is 0. The second-order valence-electron chi connectivity index (χ2n) is 5.68. The smallest absolute Gasteiger partial charge is 0.293 e. The summed E-state index contributed by atoms with van der Waals surface area (Å²) in [5.74, 6) is 0.379. The van der Waals surface area contributed by atoms with E-state index >= 15 is 0 Å². The molecule has 1 saturated heterocycles. The van der Waals surface area contributed by atoms with E-state index in [4.69, 9.17) is 0 Å². The van der Waals surface area contributed by atoms with Crippen molar-refractivity contribution in [1.29, 1.82) is 0 Å². The highest BCUT2D eigenvalue weighted by Gasteiger charge is 2.24. The normalized spacial score (nSPS) is 20.0. The molecule has 0 aromatic heterocycles. The maximum atomic E-state index is 11.8. The van der Waals surface area contributed by atoms with Gasteiger partial charge in [0.15, 0.2) is 0 Å². The Hall–Kier alpha value is -1.71. The number of hydrogen-bond acceptors (Lipinski definition) is 6. The van der Waals surface area contributed by atoms with E-state index in [2.05, 4.69) is 15.4 Å². The van der Waals surface area contributed by atoms with Gasteiger partial charge in [0.05, 0.1) is 9.82 Å². The van der Waals surface area contributed by atoms with E-state index in [1.165, 1.54) is 19.2 Å². The van der Waals surface area contributed by atoms with Crippen LogP contribution in [0.5, 0.6) is 0 Å². The highest BCUT2D eigenvalue weighted by Crippen LogP contribution is 2.29. The van der Waals surface area contributed by atoms with Gasteiger partial charge in [-0.1, -0.05) is 0 Å². The average molecular weight is 342 g/mol. The number of nitrogens with zero attached hydrogens (tertiary/aromatic N) is 1. The van der Waals surface area contributed by atoms with Crippen LogP contribution in [0.25, 0.3) is 0 Å². The van der Waals surface area contributed by atoms with Gasteiger partial charge in [0.1, 0.15) is 5.69 Å². The van der Waals surface area contributed by atoms with Crippen LogP contribution in [0.2, 0.25) is 0 Å². The Morgan fingerprint density at radius 2 is 2.17 bits per heavy atom. The summed E-state index contributed by atoms with van der Waals surface area (Å²) < 4.78 is 25.7.